The molecular formula is C17H15F3N2OS. The first-order valence-corrected chi connectivity index (χ1v) is 8.23. The molecule has 0 aromatic heterocycles. The summed E-state index contributed by atoms with van der Waals surface area (Å²) in [6.07, 6.45) is 1.76. The van der Waals surface area contributed by atoms with Gasteiger partial charge >= 0.3 is 11.5 Å². The van der Waals surface area contributed by atoms with E-state index >= 15 is 0 Å². The van der Waals surface area contributed by atoms with Crippen LogP contribution in [0.4, 0.5) is 23.7 Å². The van der Waals surface area contributed by atoms with Gasteiger partial charge < -0.3 is 10.6 Å². The molecule has 0 heterocycles. The zero-order valence-electron chi connectivity index (χ0n) is 12.6. The predicted octanol–water partition coefficient (Wildman–Crippen LogP) is 5.11. The number of fused-ring (bicyclic) bond motifs is 1. The van der Waals surface area contributed by atoms with Crippen molar-refractivity contribution in [3.05, 3.63) is 59.7 Å². The Labute approximate surface area is 141 Å². The van der Waals surface area contributed by atoms with Crippen LogP contribution < -0.4 is 10.6 Å². The number of thioether (sulfide) groups is 1. The van der Waals surface area contributed by atoms with Crippen molar-refractivity contribution in [2.75, 3.05) is 5.32 Å². The Balaban J connectivity index is 1.58. The molecule has 7 heteroatoms. The number of urea groups is 1. The normalized spacial score (nSPS) is 16.5. The lowest BCUT2D eigenvalue weighted by Crippen LogP contribution is -2.31. The van der Waals surface area contributed by atoms with Crippen molar-refractivity contribution in [3.63, 3.8) is 0 Å². The SMILES string of the molecule is O=C(Nc1ccc(SC(F)(F)F)cc1)NC1CCc2ccccc21. The summed E-state index contributed by atoms with van der Waals surface area (Å²) in [4.78, 5) is 12.2. The summed E-state index contributed by atoms with van der Waals surface area (Å²) < 4.78 is 36.9. The van der Waals surface area contributed by atoms with Crippen molar-refractivity contribution in [2.24, 2.45) is 0 Å². The van der Waals surface area contributed by atoms with E-state index < -0.39 is 5.51 Å². The van der Waals surface area contributed by atoms with Crippen LogP contribution >= 0.6 is 11.8 Å². The highest BCUT2D eigenvalue weighted by atomic mass is 32.2. The molecule has 0 radical (unpaired) electrons. The molecular weight excluding hydrogens is 337 g/mol. The molecule has 1 atom stereocenters. The minimum Gasteiger partial charge on any atom is -0.331 e. The molecule has 2 aromatic carbocycles. The van der Waals surface area contributed by atoms with Crippen molar-refractivity contribution in [1.29, 1.82) is 0 Å². The molecule has 2 amide bonds. The average molecular weight is 352 g/mol. The molecule has 126 valence electrons. The molecule has 1 unspecified atom stereocenters. The minimum absolute atomic E-state index is 0.0405. The second-order valence-electron chi connectivity index (χ2n) is 5.46. The molecule has 2 N–H and O–H groups in total. The molecule has 0 aliphatic heterocycles. The minimum atomic E-state index is -4.32. The molecule has 3 nitrogen and oxygen atoms in total. The highest BCUT2D eigenvalue weighted by Gasteiger charge is 2.29. The topological polar surface area (TPSA) is 41.1 Å². The van der Waals surface area contributed by atoms with Crippen LogP contribution in [0.5, 0.6) is 0 Å². The van der Waals surface area contributed by atoms with E-state index in [0.29, 0.717) is 5.69 Å². The second kappa shape index (κ2) is 6.76. The quantitative estimate of drug-likeness (QED) is 0.754. The summed E-state index contributed by atoms with van der Waals surface area (Å²) in [6.45, 7) is 0. The summed E-state index contributed by atoms with van der Waals surface area (Å²) in [6, 6.07) is 13.1. The summed E-state index contributed by atoms with van der Waals surface area (Å²) in [5.74, 6) is 0. The van der Waals surface area contributed by atoms with E-state index in [2.05, 4.69) is 10.6 Å². The third-order valence-electron chi connectivity index (χ3n) is 3.78. The number of benzene rings is 2. The van der Waals surface area contributed by atoms with Gasteiger partial charge in [0.25, 0.3) is 0 Å². The van der Waals surface area contributed by atoms with Crippen LogP contribution in [0.3, 0.4) is 0 Å². The molecule has 1 aliphatic rings. The van der Waals surface area contributed by atoms with Gasteiger partial charge in [0.05, 0.1) is 6.04 Å². The van der Waals surface area contributed by atoms with Crippen LogP contribution in [0.2, 0.25) is 0 Å². The number of carbonyl (C=O) groups excluding carboxylic acids is 1. The Morgan fingerprint density at radius 2 is 1.79 bits per heavy atom. The van der Waals surface area contributed by atoms with Crippen molar-refractivity contribution >= 4 is 23.5 Å². The van der Waals surface area contributed by atoms with Gasteiger partial charge in [-0.2, -0.15) is 13.2 Å². The Kier molecular flexibility index (Phi) is 4.71. The van der Waals surface area contributed by atoms with Crippen molar-refractivity contribution < 1.29 is 18.0 Å². The molecule has 0 spiro atoms. The van der Waals surface area contributed by atoms with Crippen LogP contribution in [0.25, 0.3) is 0 Å². The van der Waals surface area contributed by atoms with Crippen molar-refractivity contribution in [3.8, 4) is 0 Å². The Hall–Kier alpha value is -2.15. The maximum Gasteiger partial charge on any atom is 0.446 e. The molecule has 2 aromatic rings. The second-order valence-corrected chi connectivity index (χ2v) is 6.60. The van der Waals surface area contributed by atoms with Gasteiger partial charge in [-0.1, -0.05) is 24.3 Å². The molecule has 1 aliphatic carbocycles. The first-order chi connectivity index (χ1) is 11.4. The maximum absolute atomic E-state index is 12.3. The smallest absolute Gasteiger partial charge is 0.331 e. The molecule has 0 saturated heterocycles. The van der Waals surface area contributed by atoms with E-state index in [1.54, 1.807) is 0 Å². The van der Waals surface area contributed by atoms with Gasteiger partial charge in [-0.3, -0.25) is 0 Å². The maximum atomic E-state index is 12.3. The summed E-state index contributed by atoms with van der Waals surface area (Å²) in [5, 5.41) is 5.55. The molecule has 0 bridgehead atoms. The third-order valence-corrected chi connectivity index (χ3v) is 4.52. The van der Waals surface area contributed by atoms with E-state index in [1.807, 2.05) is 24.3 Å². The number of hydrogen-bond donors (Lipinski definition) is 2. The van der Waals surface area contributed by atoms with E-state index in [9.17, 15) is 18.0 Å². The van der Waals surface area contributed by atoms with E-state index in [-0.39, 0.29) is 28.7 Å². The van der Waals surface area contributed by atoms with Crippen LogP contribution in [-0.2, 0) is 6.42 Å². The Morgan fingerprint density at radius 1 is 1.08 bits per heavy atom. The van der Waals surface area contributed by atoms with Crippen LogP contribution in [0, 0.1) is 0 Å². The third kappa shape index (κ3) is 4.23. The van der Waals surface area contributed by atoms with Gasteiger partial charge in [0, 0.05) is 10.6 Å². The number of alkyl halides is 3. The van der Waals surface area contributed by atoms with Gasteiger partial charge in [0.15, 0.2) is 0 Å². The lowest BCUT2D eigenvalue weighted by atomic mass is 10.1. The number of nitrogens with one attached hydrogen (secondary N) is 2. The molecule has 3 rings (SSSR count). The summed E-state index contributed by atoms with van der Waals surface area (Å²) in [5.41, 5.74) is -1.52. The standard InChI is InChI=1S/C17H15F3N2OS/c18-17(19,20)24-13-8-6-12(7-9-13)21-16(23)22-15-10-5-11-3-1-2-4-14(11)15/h1-4,6-9,15H,5,10H2,(H2,21,22,23). The predicted molar refractivity (Wildman–Crippen MR) is 88.0 cm³/mol. The van der Waals surface area contributed by atoms with Crippen LogP contribution in [-0.4, -0.2) is 11.5 Å². The molecule has 0 fully saturated rings. The fourth-order valence-corrected chi connectivity index (χ4v) is 3.31. The number of rotatable bonds is 3. The first kappa shape index (κ1) is 16.7. The van der Waals surface area contributed by atoms with Gasteiger partial charge in [-0.15, -0.1) is 0 Å². The first-order valence-electron chi connectivity index (χ1n) is 7.42. The van der Waals surface area contributed by atoms with E-state index in [0.717, 1.165) is 18.4 Å². The summed E-state index contributed by atoms with van der Waals surface area (Å²) in [7, 11) is 0. The highest BCUT2D eigenvalue weighted by Crippen LogP contribution is 2.37. The molecule has 0 saturated carbocycles. The number of hydrogen-bond acceptors (Lipinski definition) is 2. The number of aryl methyl sites for hydroxylation is 1. The highest BCUT2D eigenvalue weighted by molar-refractivity contribution is 8.00. The number of carbonyl (C=O) groups is 1. The van der Waals surface area contributed by atoms with Gasteiger partial charge in [-0.25, -0.2) is 4.79 Å². The monoisotopic (exact) mass is 352 g/mol. The van der Waals surface area contributed by atoms with Crippen LogP contribution in [0.1, 0.15) is 23.6 Å². The van der Waals surface area contributed by atoms with E-state index in [1.165, 1.54) is 29.8 Å². The number of anilines is 1. The Morgan fingerprint density at radius 3 is 2.50 bits per heavy atom. The lowest BCUT2D eigenvalue weighted by Gasteiger charge is -2.15. The number of amides is 2. The van der Waals surface area contributed by atoms with Gasteiger partial charge in [-0.05, 0) is 60.0 Å². The lowest BCUT2D eigenvalue weighted by molar-refractivity contribution is -0.0328. The zero-order valence-corrected chi connectivity index (χ0v) is 13.4. The summed E-state index contributed by atoms with van der Waals surface area (Å²) >= 11 is -0.182. The average Bonchev–Trinajstić information content (AvgIpc) is 2.91. The van der Waals surface area contributed by atoms with Gasteiger partial charge in [0.2, 0.25) is 0 Å². The van der Waals surface area contributed by atoms with Crippen molar-refractivity contribution in [2.45, 2.75) is 29.3 Å². The Bertz CT molecular complexity index is 731. The van der Waals surface area contributed by atoms with Gasteiger partial charge in [0.1, 0.15) is 0 Å². The van der Waals surface area contributed by atoms with E-state index in [4.69, 9.17) is 0 Å². The number of halogens is 3. The fourth-order valence-electron chi connectivity index (χ4n) is 2.77. The van der Waals surface area contributed by atoms with Crippen molar-refractivity contribution in [1.82, 2.24) is 5.32 Å². The zero-order chi connectivity index (χ0) is 17.2. The largest absolute Gasteiger partial charge is 0.446 e. The fraction of sp³-hybridized carbons (Fsp3) is 0.235. The molecule has 24 heavy (non-hydrogen) atoms. The van der Waals surface area contributed by atoms with Crippen LogP contribution in [0.15, 0.2) is 53.4 Å².